The summed E-state index contributed by atoms with van der Waals surface area (Å²) in [6.45, 7) is 13.5. The Morgan fingerprint density at radius 2 is 1.86 bits per heavy atom. The monoisotopic (exact) mass is 399 g/mol. The number of aromatic nitrogens is 1. The molecule has 2 aromatic heterocycles. The van der Waals surface area contributed by atoms with Crippen molar-refractivity contribution in [1.82, 2.24) is 14.4 Å². The first-order valence-electron chi connectivity index (χ1n) is 10.2. The van der Waals surface area contributed by atoms with Crippen molar-refractivity contribution in [3.05, 3.63) is 48.2 Å². The third kappa shape index (κ3) is 4.74. The zero-order chi connectivity index (χ0) is 21.4. The average Bonchev–Trinajstić information content (AvgIpc) is 3.26. The van der Waals surface area contributed by atoms with E-state index in [0.29, 0.717) is 13.0 Å². The van der Waals surface area contributed by atoms with Gasteiger partial charge in [-0.3, -0.25) is 9.59 Å². The van der Waals surface area contributed by atoms with Crippen molar-refractivity contribution in [3.63, 3.8) is 0 Å². The minimum atomic E-state index is -0.431. The molecule has 158 valence electrons. The molecule has 2 amide bonds. The molecule has 2 aromatic rings. The van der Waals surface area contributed by atoms with Gasteiger partial charge in [0, 0.05) is 42.5 Å². The minimum Gasteiger partial charge on any atom is -0.472 e. The highest BCUT2D eigenvalue weighted by Gasteiger charge is 2.36. The summed E-state index contributed by atoms with van der Waals surface area (Å²) in [7, 11) is 0. The fourth-order valence-corrected chi connectivity index (χ4v) is 3.91. The van der Waals surface area contributed by atoms with Gasteiger partial charge in [-0.1, -0.05) is 20.8 Å². The quantitative estimate of drug-likeness (QED) is 0.778. The number of carbonyl (C=O) groups excluding carboxylic acids is 2. The Balaban J connectivity index is 1.86. The Bertz CT molecular complexity index is 853. The molecule has 0 saturated heterocycles. The van der Waals surface area contributed by atoms with Crippen LogP contribution in [0.2, 0.25) is 0 Å². The molecule has 1 atom stereocenters. The van der Waals surface area contributed by atoms with Crippen molar-refractivity contribution in [2.24, 2.45) is 5.41 Å². The van der Waals surface area contributed by atoms with Crippen LogP contribution in [0.4, 0.5) is 0 Å². The zero-order valence-corrected chi connectivity index (χ0v) is 18.4. The third-order valence-electron chi connectivity index (χ3n) is 5.30. The molecule has 0 radical (unpaired) electrons. The van der Waals surface area contributed by atoms with Gasteiger partial charge in [-0.15, -0.1) is 0 Å². The Morgan fingerprint density at radius 1 is 1.14 bits per heavy atom. The SMILES string of the molecule is CC(C)(C)CC(=O)N(CC(=O)N1CCn2cccc2[C@@H]1c1ccoc1)C(C)(C)C. The standard InChI is InChI=1S/C23H33N3O3/c1-22(2,3)14-19(27)26(23(4,5)6)15-20(28)25-12-11-24-10-7-8-18(24)21(25)17-9-13-29-16-17/h7-10,13,16,21H,11-12,14-15H2,1-6H3/t21-/m0/s1. The van der Waals surface area contributed by atoms with E-state index in [0.717, 1.165) is 17.8 Å². The Hall–Kier alpha value is -2.50. The van der Waals surface area contributed by atoms with E-state index >= 15 is 0 Å². The highest BCUT2D eigenvalue weighted by Crippen LogP contribution is 2.33. The molecule has 29 heavy (non-hydrogen) atoms. The number of carbonyl (C=O) groups is 2. The average molecular weight is 400 g/mol. The van der Waals surface area contributed by atoms with Crippen LogP contribution >= 0.6 is 0 Å². The van der Waals surface area contributed by atoms with E-state index in [1.807, 2.05) is 70.8 Å². The predicted molar refractivity (Wildman–Crippen MR) is 112 cm³/mol. The molecular weight excluding hydrogens is 366 g/mol. The van der Waals surface area contributed by atoms with Crippen molar-refractivity contribution < 1.29 is 14.0 Å². The second-order valence-corrected chi connectivity index (χ2v) is 10.1. The van der Waals surface area contributed by atoms with Gasteiger partial charge in [0.1, 0.15) is 12.6 Å². The molecule has 1 aliphatic heterocycles. The summed E-state index contributed by atoms with van der Waals surface area (Å²) in [4.78, 5) is 30.1. The normalized spacial score (nSPS) is 17.2. The van der Waals surface area contributed by atoms with Gasteiger partial charge in [0.2, 0.25) is 11.8 Å². The van der Waals surface area contributed by atoms with Gasteiger partial charge in [0.25, 0.3) is 0 Å². The van der Waals surface area contributed by atoms with Crippen molar-refractivity contribution in [1.29, 1.82) is 0 Å². The van der Waals surface area contributed by atoms with E-state index in [9.17, 15) is 9.59 Å². The highest BCUT2D eigenvalue weighted by molar-refractivity contribution is 5.86. The third-order valence-corrected chi connectivity index (χ3v) is 5.30. The largest absolute Gasteiger partial charge is 0.472 e. The lowest BCUT2D eigenvalue weighted by atomic mass is 9.90. The van der Waals surface area contributed by atoms with Gasteiger partial charge < -0.3 is 18.8 Å². The van der Waals surface area contributed by atoms with E-state index in [1.165, 1.54) is 0 Å². The van der Waals surface area contributed by atoms with E-state index < -0.39 is 5.54 Å². The summed E-state index contributed by atoms with van der Waals surface area (Å²) in [5.74, 6) is -0.0283. The summed E-state index contributed by atoms with van der Waals surface area (Å²) in [5, 5.41) is 0. The van der Waals surface area contributed by atoms with Crippen LogP contribution in [-0.4, -0.2) is 44.8 Å². The lowest BCUT2D eigenvalue weighted by Gasteiger charge is -2.41. The number of furan rings is 1. The van der Waals surface area contributed by atoms with Crippen LogP contribution in [0.3, 0.4) is 0 Å². The maximum Gasteiger partial charge on any atom is 0.243 e. The molecule has 3 rings (SSSR count). The maximum absolute atomic E-state index is 13.5. The molecule has 0 unspecified atom stereocenters. The van der Waals surface area contributed by atoms with Gasteiger partial charge in [0.05, 0.1) is 12.5 Å². The molecule has 0 saturated carbocycles. The number of fused-ring (bicyclic) bond motifs is 1. The smallest absolute Gasteiger partial charge is 0.243 e. The van der Waals surface area contributed by atoms with Crippen molar-refractivity contribution in [2.45, 2.75) is 66.1 Å². The van der Waals surface area contributed by atoms with Gasteiger partial charge in [-0.05, 0) is 44.4 Å². The molecule has 6 heteroatoms. The highest BCUT2D eigenvalue weighted by atomic mass is 16.3. The summed E-state index contributed by atoms with van der Waals surface area (Å²) in [6.07, 6.45) is 5.78. The van der Waals surface area contributed by atoms with Gasteiger partial charge in [-0.25, -0.2) is 0 Å². The van der Waals surface area contributed by atoms with Crippen LogP contribution in [0, 0.1) is 5.41 Å². The van der Waals surface area contributed by atoms with Crippen LogP contribution in [0.1, 0.15) is 65.3 Å². The molecular formula is C23H33N3O3. The first-order chi connectivity index (χ1) is 13.5. The van der Waals surface area contributed by atoms with E-state index in [1.54, 1.807) is 17.4 Å². The Labute approximate surface area is 173 Å². The zero-order valence-electron chi connectivity index (χ0n) is 18.4. The number of rotatable bonds is 4. The van der Waals surface area contributed by atoms with Gasteiger partial charge in [0.15, 0.2) is 0 Å². The molecule has 0 bridgehead atoms. The fraction of sp³-hybridized carbons (Fsp3) is 0.565. The second kappa shape index (κ2) is 7.73. The first-order valence-corrected chi connectivity index (χ1v) is 10.2. The maximum atomic E-state index is 13.5. The summed E-state index contributed by atoms with van der Waals surface area (Å²) in [6, 6.07) is 5.75. The number of hydrogen-bond acceptors (Lipinski definition) is 3. The predicted octanol–water partition coefficient (Wildman–Crippen LogP) is 4.08. The fourth-order valence-electron chi connectivity index (χ4n) is 3.91. The molecule has 3 heterocycles. The molecule has 0 aromatic carbocycles. The molecule has 0 spiro atoms. The lowest BCUT2D eigenvalue weighted by Crippen LogP contribution is -2.53. The summed E-state index contributed by atoms with van der Waals surface area (Å²) >= 11 is 0. The number of amides is 2. The molecule has 6 nitrogen and oxygen atoms in total. The van der Waals surface area contributed by atoms with E-state index in [4.69, 9.17) is 4.42 Å². The molecule has 0 fully saturated rings. The summed E-state index contributed by atoms with van der Waals surface area (Å²) in [5.41, 5.74) is 1.45. The Morgan fingerprint density at radius 3 is 2.45 bits per heavy atom. The van der Waals surface area contributed by atoms with Crippen LogP contribution in [-0.2, 0) is 16.1 Å². The van der Waals surface area contributed by atoms with Crippen molar-refractivity contribution in [3.8, 4) is 0 Å². The Kier molecular flexibility index (Phi) is 5.65. The topological polar surface area (TPSA) is 58.7 Å². The minimum absolute atomic E-state index is 0.0126. The molecule has 0 N–H and O–H groups in total. The van der Waals surface area contributed by atoms with Crippen LogP contribution in [0.25, 0.3) is 0 Å². The van der Waals surface area contributed by atoms with Gasteiger partial charge in [-0.2, -0.15) is 0 Å². The van der Waals surface area contributed by atoms with E-state index in [2.05, 4.69) is 4.57 Å². The second-order valence-electron chi connectivity index (χ2n) is 10.1. The summed E-state index contributed by atoms with van der Waals surface area (Å²) < 4.78 is 7.48. The van der Waals surface area contributed by atoms with Gasteiger partial charge >= 0.3 is 0 Å². The first kappa shape index (κ1) is 21.2. The van der Waals surface area contributed by atoms with Crippen molar-refractivity contribution >= 4 is 11.8 Å². The molecule has 0 aliphatic carbocycles. The molecule has 1 aliphatic rings. The van der Waals surface area contributed by atoms with Crippen LogP contribution in [0.5, 0.6) is 0 Å². The number of nitrogens with zero attached hydrogens (tertiary/aromatic N) is 3. The number of hydrogen-bond donors (Lipinski definition) is 0. The van der Waals surface area contributed by atoms with Crippen LogP contribution in [0.15, 0.2) is 41.3 Å². The van der Waals surface area contributed by atoms with Crippen LogP contribution < -0.4 is 0 Å². The van der Waals surface area contributed by atoms with E-state index in [-0.39, 0.29) is 29.8 Å². The lowest BCUT2D eigenvalue weighted by molar-refractivity contribution is -0.147. The van der Waals surface area contributed by atoms with Crippen molar-refractivity contribution in [2.75, 3.05) is 13.1 Å².